The molecule has 0 fully saturated rings. The van der Waals surface area contributed by atoms with Gasteiger partial charge in [0.05, 0.1) is 31.9 Å². The molecule has 1 aromatic rings. The monoisotopic (exact) mass is 284 g/mol. The van der Waals surface area contributed by atoms with E-state index in [0.717, 1.165) is 5.56 Å². The van der Waals surface area contributed by atoms with Crippen molar-refractivity contribution in [3.8, 4) is 11.5 Å². The Kier molecular flexibility index (Phi) is 6.01. The second-order valence-corrected chi connectivity index (χ2v) is 4.59. The number of benzene rings is 1. The fourth-order valence-electron chi connectivity index (χ4n) is 1.95. The van der Waals surface area contributed by atoms with Gasteiger partial charge in [-0.15, -0.1) is 0 Å². The van der Waals surface area contributed by atoms with Gasteiger partial charge in [0.1, 0.15) is 11.5 Å². The Morgan fingerprint density at radius 2 is 2.11 bits per heavy atom. The number of aliphatic hydroxyl groups is 1. The van der Waals surface area contributed by atoms with E-state index in [4.69, 9.17) is 32.5 Å². The summed E-state index contributed by atoms with van der Waals surface area (Å²) in [6.07, 6.45) is 0. The van der Waals surface area contributed by atoms with Crippen LogP contribution in [0.4, 0.5) is 0 Å². The Morgan fingerprint density at radius 3 is 2.58 bits per heavy atom. The van der Waals surface area contributed by atoms with Gasteiger partial charge in [0.25, 0.3) is 0 Å². The molecule has 3 N–H and O–H groups in total. The molecule has 1 aromatic carbocycles. The van der Waals surface area contributed by atoms with Crippen LogP contribution in [-0.4, -0.2) is 49.4 Å². The topological polar surface area (TPSA) is 68.0 Å². The van der Waals surface area contributed by atoms with Gasteiger partial charge in [0, 0.05) is 12.1 Å². The number of aliphatic hydroxyl groups excluding tert-OH is 1. The zero-order valence-electron chi connectivity index (χ0n) is 11.4. The van der Waals surface area contributed by atoms with Crippen LogP contribution in [0.2, 0.25) is 0 Å². The van der Waals surface area contributed by atoms with E-state index in [1.165, 1.54) is 0 Å². The van der Waals surface area contributed by atoms with Gasteiger partial charge in [-0.3, -0.25) is 4.90 Å². The van der Waals surface area contributed by atoms with Crippen molar-refractivity contribution in [1.29, 1.82) is 0 Å². The third-order valence-corrected chi connectivity index (χ3v) is 3.12. The molecule has 19 heavy (non-hydrogen) atoms. The molecule has 0 spiro atoms. The first kappa shape index (κ1) is 15.7. The van der Waals surface area contributed by atoms with Crippen LogP contribution in [0.3, 0.4) is 0 Å². The highest BCUT2D eigenvalue weighted by atomic mass is 32.1. The van der Waals surface area contributed by atoms with Crippen molar-refractivity contribution >= 4 is 17.2 Å². The molecule has 1 unspecified atom stereocenters. The standard InChI is InChI=1S/C13H20N2O3S/c1-15(6-7-16)12(13(14)19)10-8-9(17-2)4-5-11(10)18-3/h4-5,8,12,16H,6-7H2,1-3H3,(H2,14,19). The minimum atomic E-state index is -0.313. The zero-order chi connectivity index (χ0) is 14.4. The Bertz CT molecular complexity index is 440. The van der Waals surface area contributed by atoms with E-state index in [9.17, 15) is 0 Å². The Morgan fingerprint density at radius 1 is 1.42 bits per heavy atom. The Hall–Kier alpha value is -1.37. The number of methoxy groups -OCH3 is 2. The molecule has 0 amide bonds. The van der Waals surface area contributed by atoms with E-state index >= 15 is 0 Å². The zero-order valence-corrected chi connectivity index (χ0v) is 12.2. The number of ether oxygens (including phenoxy) is 2. The molecular weight excluding hydrogens is 264 g/mol. The largest absolute Gasteiger partial charge is 0.497 e. The Labute approximate surface area is 118 Å². The lowest BCUT2D eigenvalue weighted by Gasteiger charge is -2.28. The van der Waals surface area contributed by atoms with Gasteiger partial charge in [-0.2, -0.15) is 0 Å². The summed E-state index contributed by atoms with van der Waals surface area (Å²) in [6, 6.07) is 5.15. The number of rotatable bonds is 7. The van der Waals surface area contributed by atoms with E-state index in [1.54, 1.807) is 14.2 Å². The number of hydrogen-bond donors (Lipinski definition) is 2. The van der Waals surface area contributed by atoms with E-state index in [-0.39, 0.29) is 12.6 Å². The lowest BCUT2D eigenvalue weighted by molar-refractivity contribution is 0.205. The Balaban J connectivity index is 3.23. The number of thiocarbonyl (C=S) groups is 1. The maximum Gasteiger partial charge on any atom is 0.124 e. The summed E-state index contributed by atoms with van der Waals surface area (Å²) >= 11 is 5.13. The maximum absolute atomic E-state index is 9.06. The van der Waals surface area contributed by atoms with E-state index in [2.05, 4.69) is 0 Å². The van der Waals surface area contributed by atoms with Gasteiger partial charge in [-0.05, 0) is 25.2 Å². The minimum Gasteiger partial charge on any atom is -0.497 e. The fraction of sp³-hybridized carbons (Fsp3) is 0.462. The summed E-state index contributed by atoms with van der Waals surface area (Å²) in [4.78, 5) is 2.20. The molecule has 0 heterocycles. The van der Waals surface area contributed by atoms with Gasteiger partial charge >= 0.3 is 0 Å². The lowest BCUT2D eigenvalue weighted by Crippen LogP contribution is -2.36. The van der Waals surface area contributed by atoms with Gasteiger partial charge in [0.2, 0.25) is 0 Å². The van der Waals surface area contributed by atoms with Crippen LogP contribution in [0, 0.1) is 0 Å². The minimum absolute atomic E-state index is 0.0297. The second-order valence-electron chi connectivity index (χ2n) is 4.12. The fourth-order valence-corrected chi connectivity index (χ4v) is 2.25. The highest BCUT2D eigenvalue weighted by Crippen LogP contribution is 2.32. The first-order chi connectivity index (χ1) is 9.04. The number of nitrogens with two attached hydrogens (primary N) is 1. The van der Waals surface area contributed by atoms with Crippen LogP contribution in [0.25, 0.3) is 0 Å². The van der Waals surface area contributed by atoms with Gasteiger partial charge in [-0.1, -0.05) is 12.2 Å². The number of likely N-dealkylation sites (N-methyl/N-ethyl adjacent to an activating group) is 1. The van der Waals surface area contributed by atoms with Gasteiger partial charge in [0.15, 0.2) is 0 Å². The van der Waals surface area contributed by atoms with Gasteiger partial charge < -0.3 is 20.3 Å². The molecule has 5 nitrogen and oxygen atoms in total. The highest BCUT2D eigenvalue weighted by molar-refractivity contribution is 7.80. The van der Waals surface area contributed by atoms with Crippen molar-refractivity contribution < 1.29 is 14.6 Å². The molecule has 1 atom stereocenters. The third kappa shape index (κ3) is 3.79. The predicted octanol–water partition coefficient (Wildman–Crippen LogP) is 0.955. The normalized spacial score (nSPS) is 12.3. The van der Waals surface area contributed by atoms with Crippen LogP contribution in [0.1, 0.15) is 11.6 Å². The summed E-state index contributed by atoms with van der Waals surface area (Å²) in [5.74, 6) is 1.39. The molecular formula is C13H20N2O3S. The smallest absolute Gasteiger partial charge is 0.124 e. The van der Waals surface area contributed by atoms with E-state index in [1.807, 2.05) is 30.1 Å². The third-order valence-electron chi connectivity index (χ3n) is 2.89. The van der Waals surface area contributed by atoms with Crippen LogP contribution >= 0.6 is 12.2 Å². The van der Waals surface area contributed by atoms with Crippen LogP contribution in [0.5, 0.6) is 11.5 Å². The molecule has 0 saturated heterocycles. The molecule has 0 saturated carbocycles. The van der Waals surface area contributed by atoms with Gasteiger partial charge in [-0.25, -0.2) is 0 Å². The quantitative estimate of drug-likeness (QED) is 0.727. The summed E-state index contributed by atoms with van der Waals surface area (Å²) in [6.45, 7) is 0.490. The second kappa shape index (κ2) is 7.28. The first-order valence-electron chi connectivity index (χ1n) is 5.87. The van der Waals surface area contributed by atoms with Crippen molar-refractivity contribution in [1.82, 2.24) is 4.90 Å². The van der Waals surface area contributed by atoms with Crippen LogP contribution in [-0.2, 0) is 0 Å². The summed E-state index contributed by atoms with van der Waals surface area (Å²) in [7, 11) is 5.03. The molecule has 0 radical (unpaired) electrons. The van der Waals surface area contributed by atoms with Crippen LogP contribution in [0.15, 0.2) is 18.2 Å². The van der Waals surface area contributed by atoms with Crippen LogP contribution < -0.4 is 15.2 Å². The van der Waals surface area contributed by atoms with Crippen molar-refractivity contribution in [2.75, 3.05) is 34.4 Å². The van der Waals surface area contributed by atoms with Crippen molar-refractivity contribution in [3.63, 3.8) is 0 Å². The molecule has 0 aliphatic rings. The highest BCUT2D eigenvalue weighted by Gasteiger charge is 2.23. The maximum atomic E-state index is 9.06. The number of nitrogens with zero attached hydrogens (tertiary/aromatic N) is 1. The SMILES string of the molecule is COc1ccc(OC)c(C(C(N)=S)N(C)CCO)c1. The molecule has 6 heteroatoms. The van der Waals surface area contributed by atoms with Crippen molar-refractivity contribution in [2.24, 2.45) is 5.73 Å². The van der Waals surface area contributed by atoms with E-state index < -0.39 is 0 Å². The first-order valence-corrected chi connectivity index (χ1v) is 6.28. The summed E-state index contributed by atoms with van der Waals surface area (Å²) < 4.78 is 10.6. The molecule has 1 rings (SSSR count). The lowest BCUT2D eigenvalue weighted by atomic mass is 10.0. The summed E-state index contributed by atoms with van der Waals surface area (Å²) in [5, 5.41) is 9.06. The van der Waals surface area contributed by atoms with Crippen molar-refractivity contribution in [2.45, 2.75) is 6.04 Å². The molecule has 106 valence electrons. The average molecular weight is 284 g/mol. The van der Waals surface area contributed by atoms with Crippen molar-refractivity contribution in [3.05, 3.63) is 23.8 Å². The molecule has 0 aliphatic heterocycles. The predicted molar refractivity (Wildman–Crippen MR) is 78.8 cm³/mol. The van der Waals surface area contributed by atoms with E-state index in [0.29, 0.717) is 23.0 Å². The number of hydrogen-bond acceptors (Lipinski definition) is 5. The average Bonchev–Trinajstić information content (AvgIpc) is 2.38. The molecule has 0 aliphatic carbocycles. The molecule has 0 aromatic heterocycles. The summed E-state index contributed by atoms with van der Waals surface area (Å²) in [5.41, 5.74) is 6.65. The molecule has 0 bridgehead atoms.